The average molecular weight is 198 g/mol. The van der Waals surface area contributed by atoms with Crippen LogP contribution in [0.15, 0.2) is 36.7 Å². The van der Waals surface area contributed by atoms with Crippen LogP contribution in [0.4, 0.5) is 0 Å². The molecule has 4 nitrogen and oxygen atoms in total. The molecule has 4 heteroatoms. The highest BCUT2D eigenvalue weighted by atomic mass is 15.0. The normalized spacial score (nSPS) is 15.9. The van der Waals surface area contributed by atoms with Crippen molar-refractivity contribution in [2.45, 2.75) is 5.66 Å². The number of nitrogens with zero attached hydrogens (tertiary/aromatic N) is 2. The molecule has 0 fully saturated rings. The Balaban J connectivity index is 2.42. The molecule has 0 spiro atoms. The summed E-state index contributed by atoms with van der Waals surface area (Å²) < 4.78 is 0. The van der Waals surface area contributed by atoms with Crippen LogP contribution in [-0.2, 0) is 5.66 Å². The van der Waals surface area contributed by atoms with Crippen LogP contribution in [0.5, 0.6) is 0 Å². The first-order valence-corrected chi connectivity index (χ1v) is 4.70. The Morgan fingerprint density at radius 3 is 1.80 bits per heavy atom. The highest BCUT2D eigenvalue weighted by Crippen LogP contribution is 2.39. The Morgan fingerprint density at radius 2 is 1.33 bits per heavy atom. The monoisotopic (exact) mass is 198 g/mol. The van der Waals surface area contributed by atoms with E-state index in [0.717, 1.165) is 22.5 Å². The van der Waals surface area contributed by atoms with Crippen molar-refractivity contribution in [2.75, 3.05) is 0 Å². The van der Waals surface area contributed by atoms with Gasteiger partial charge in [-0.1, -0.05) is 12.1 Å². The van der Waals surface area contributed by atoms with Gasteiger partial charge in [-0.15, -0.1) is 0 Å². The lowest BCUT2D eigenvalue weighted by atomic mass is 10.0. The van der Waals surface area contributed by atoms with Crippen LogP contribution in [0, 0.1) is 0 Å². The van der Waals surface area contributed by atoms with Crippen LogP contribution in [-0.4, -0.2) is 9.97 Å². The van der Waals surface area contributed by atoms with E-state index in [9.17, 15) is 0 Å². The summed E-state index contributed by atoms with van der Waals surface area (Å²) in [4.78, 5) is 8.55. The number of nitrogens with two attached hydrogens (primary N) is 2. The second kappa shape index (κ2) is 2.62. The Kier molecular flexibility index (Phi) is 1.49. The van der Waals surface area contributed by atoms with Crippen molar-refractivity contribution in [3.8, 4) is 11.4 Å². The first kappa shape index (κ1) is 8.52. The summed E-state index contributed by atoms with van der Waals surface area (Å²) in [5.41, 5.74) is 14.5. The Labute approximate surface area is 87.0 Å². The lowest BCUT2D eigenvalue weighted by molar-refractivity contribution is 0.582. The number of fused-ring (bicyclic) bond motifs is 3. The quantitative estimate of drug-likeness (QED) is 0.607. The van der Waals surface area contributed by atoms with Crippen molar-refractivity contribution in [3.63, 3.8) is 0 Å². The Hall–Kier alpha value is -1.78. The molecular formula is C11H10N4. The van der Waals surface area contributed by atoms with E-state index in [1.165, 1.54) is 0 Å². The predicted molar refractivity (Wildman–Crippen MR) is 56.6 cm³/mol. The summed E-state index contributed by atoms with van der Waals surface area (Å²) in [7, 11) is 0. The first-order valence-electron chi connectivity index (χ1n) is 4.70. The van der Waals surface area contributed by atoms with E-state index in [1.807, 2.05) is 24.3 Å². The van der Waals surface area contributed by atoms with Gasteiger partial charge >= 0.3 is 0 Å². The van der Waals surface area contributed by atoms with Crippen LogP contribution in [0.2, 0.25) is 0 Å². The zero-order valence-corrected chi connectivity index (χ0v) is 8.01. The zero-order valence-electron chi connectivity index (χ0n) is 8.01. The topological polar surface area (TPSA) is 77.8 Å². The fourth-order valence-corrected chi connectivity index (χ4v) is 2.00. The molecule has 0 amide bonds. The molecule has 0 saturated carbocycles. The molecule has 0 saturated heterocycles. The van der Waals surface area contributed by atoms with Gasteiger partial charge in [0.05, 0.1) is 11.4 Å². The highest BCUT2D eigenvalue weighted by Gasteiger charge is 2.38. The number of pyridine rings is 2. The summed E-state index contributed by atoms with van der Waals surface area (Å²) in [5.74, 6) is 0. The SMILES string of the molecule is NC1(N)c2cccnc2-c2ncccc21. The van der Waals surface area contributed by atoms with E-state index < -0.39 is 5.66 Å². The van der Waals surface area contributed by atoms with Gasteiger partial charge in [-0.2, -0.15) is 0 Å². The van der Waals surface area contributed by atoms with Crippen molar-refractivity contribution in [2.24, 2.45) is 11.5 Å². The van der Waals surface area contributed by atoms with Gasteiger partial charge in [-0.05, 0) is 12.1 Å². The molecule has 0 unspecified atom stereocenters. The molecular weight excluding hydrogens is 188 g/mol. The molecule has 2 heterocycles. The Bertz CT molecular complexity index is 486. The molecule has 0 aromatic carbocycles. The number of rotatable bonds is 0. The number of aromatic nitrogens is 2. The standard InChI is InChI=1S/C11H10N4/c12-11(13)7-3-1-5-14-9(7)10-8(11)4-2-6-15-10/h1-6H,12-13H2. The van der Waals surface area contributed by atoms with Gasteiger partial charge in [0.15, 0.2) is 0 Å². The van der Waals surface area contributed by atoms with Crippen LogP contribution in [0.3, 0.4) is 0 Å². The fraction of sp³-hybridized carbons (Fsp3) is 0.0909. The second-order valence-corrected chi connectivity index (χ2v) is 3.67. The van der Waals surface area contributed by atoms with Crippen LogP contribution >= 0.6 is 0 Å². The van der Waals surface area contributed by atoms with Gasteiger partial charge in [0.2, 0.25) is 0 Å². The number of hydrogen-bond acceptors (Lipinski definition) is 4. The minimum Gasteiger partial charge on any atom is -0.306 e. The van der Waals surface area contributed by atoms with Gasteiger partial charge in [-0.25, -0.2) is 0 Å². The van der Waals surface area contributed by atoms with E-state index >= 15 is 0 Å². The molecule has 1 aliphatic carbocycles. The van der Waals surface area contributed by atoms with Gasteiger partial charge in [-0.3, -0.25) is 9.97 Å². The maximum atomic E-state index is 6.10. The van der Waals surface area contributed by atoms with Crippen LogP contribution < -0.4 is 11.5 Å². The fourth-order valence-electron chi connectivity index (χ4n) is 2.00. The Morgan fingerprint density at radius 1 is 0.867 bits per heavy atom. The first-order chi connectivity index (χ1) is 7.21. The van der Waals surface area contributed by atoms with Gasteiger partial charge in [0.25, 0.3) is 0 Å². The maximum absolute atomic E-state index is 6.10. The van der Waals surface area contributed by atoms with Gasteiger partial charge in [0.1, 0.15) is 5.66 Å². The van der Waals surface area contributed by atoms with Crippen LogP contribution in [0.1, 0.15) is 11.1 Å². The lowest BCUT2D eigenvalue weighted by Crippen LogP contribution is -2.45. The van der Waals surface area contributed by atoms with Crippen molar-refractivity contribution < 1.29 is 0 Å². The molecule has 0 aliphatic heterocycles. The van der Waals surface area contributed by atoms with Crippen molar-refractivity contribution in [3.05, 3.63) is 47.8 Å². The number of hydrogen-bond donors (Lipinski definition) is 2. The largest absolute Gasteiger partial charge is 0.306 e. The summed E-state index contributed by atoms with van der Waals surface area (Å²) in [6.07, 6.45) is 3.44. The second-order valence-electron chi connectivity index (χ2n) is 3.67. The van der Waals surface area contributed by atoms with Crippen molar-refractivity contribution in [1.82, 2.24) is 9.97 Å². The van der Waals surface area contributed by atoms with E-state index in [1.54, 1.807) is 12.4 Å². The summed E-state index contributed by atoms with van der Waals surface area (Å²) in [5, 5.41) is 0. The van der Waals surface area contributed by atoms with Crippen molar-refractivity contribution >= 4 is 0 Å². The molecule has 0 bridgehead atoms. The zero-order chi connectivity index (χ0) is 10.5. The van der Waals surface area contributed by atoms with Crippen molar-refractivity contribution in [1.29, 1.82) is 0 Å². The minimum atomic E-state index is -0.965. The van der Waals surface area contributed by atoms with E-state index in [0.29, 0.717) is 0 Å². The third kappa shape index (κ3) is 0.973. The molecule has 4 N–H and O–H groups in total. The highest BCUT2D eigenvalue weighted by molar-refractivity contribution is 5.73. The van der Waals surface area contributed by atoms with Crippen LogP contribution in [0.25, 0.3) is 11.4 Å². The summed E-state index contributed by atoms with van der Waals surface area (Å²) in [6.45, 7) is 0. The summed E-state index contributed by atoms with van der Waals surface area (Å²) >= 11 is 0. The maximum Gasteiger partial charge on any atom is 0.121 e. The smallest absolute Gasteiger partial charge is 0.121 e. The third-order valence-electron chi connectivity index (χ3n) is 2.73. The molecule has 0 radical (unpaired) electrons. The lowest BCUT2D eigenvalue weighted by Gasteiger charge is -2.19. The molecule has 1 aliphatic rings. The molecule has 2 aromatic rings. The average Bonchev–Trinajstić information content (AvgIpc) is 2.51. The molecule has 2 aromatic heterocycles. The molecule has 15 heavy (non-hydrogen) atoms. The van der Waals surface area contributed by atoms with Gasteiger partial charge < -0.3 is 11.5 Å². The van der Waals surface area contributed by atoms with E-state index in [4.69, 9.17) is 11.5 Å². The van der Waals surface area contributed by atoms with E-state index in [2.05, 4.69) is 9.97 Å². The third-order valence-corrected chi connectivity index (χ3v) is 2.73. The predicted octanol–water partition coefficient (Wildman–Crippen LogP) is 0.575. The summed E-state index contributed by atoms with van der Waals surface area (Å²) in [6, 6.07) is 7.45. The molecule has 3 rings (SSSR count). The van der Waals surface area contributed by atoms with Gasteiger partial charge in [0, 0.05) is 23.5 Å². The molecule has 74 valence electrons. The minimum absolute atomic E-state index is 0.790. The van der Waals surface area contributed by atoms with E-state index in [-0.39, 0.29) is 0 Å². The molecule has 0 atom stereocenters.